The van der Waals surface area contributed by atoms with Crippen LogP contribution in [0.2, 0.25) is 0 Å². The monoisotopic (exact) mass is 305 g/mol. The quantitative estimate of drug-likeness (QED) is 0.859. The van der Waals surface area contributed by atoms with Gasteiger partial charge in [-0.2, -0.15) is 0 Å². The lowest BCUT2D eigenvalue weighted by molar-refractivity contribution is 0.282. The van der Waals surface area contributed by atoms with Crippen molar-refractivity contribution in [3.63, 3.8) is 0 Å². The minimum absolute atomic E-state index is 0.0990. The van der Waals surface area contributed by atoms with E-state index in [4.69, 9.17) is 5.11 Å². The number of nitrogens with one attached hydrogen (secondary N) is 1. The topological polar surface area (TPSA) is 66.4 Å². The highest BCUT2D eigenvalue weighted by Crippen LogP contribution is 2.12. The molecule has 0 radical (unpaired) electrons. The van der Waals surface area contributed by atoms with Gasteiger partial charge in [0, 0.05) is 6.04 Å². The first-order valence-corrected chi connectivity index (χ1v) is 8.25. The molecule has 0 heterocycles. The second-order valence-electron chi connectivity index (χ2n) is 5.01. The molecule has 2 aromatic carbocycles. The van der Waals surface area contributed by atoms with Crippen LogP contribution < -0.4 is 4.72 Å². The minimum atomic E-state index is -3.54. The third-order valence-corrected chi connectivity index (χ3v) is 4.76. The van der Waals surface area contributed by atoms with E-state index in [9.17, 15) is 8.42 Å². The summed E-state index contributed by atoms with van der Waals surface area (Å²) in [6.07, 6.45) is 0.634. The number of rotatable bonds is 6. The van der Waals surface area contributed by atoms with E-state index >= 15 is 0 Å². The van der Waals surface area contributed by atoms with Crippen molar-refractivity contribution in [3.8, 4) is 0 Å². The second kappa shape index (κ2) is 6.85. The first-order chi connectivity index (χ1) is 10.0. The summed E-state index contributed by atoms with van der Waals surface area (Å²) in [6.45, 7) is 1.74. The summed E-state index contributed by atoms with van der Waals surface area (Å²) in [5.74, 6) is 0. The van der Waals surface area contributed by atoms with Crippen LogP contribution in [-0.4, -0.2) is 19.6 Å². The molecule has 0 aliphatic rings. The van der Waals surface area contributed by atoms with Gasteiger partial charge in [0.25, 0.3) is 0 Å². The highest BCUT2D eigenvalue weighted by atomic mass is 32.2. The Hall–Kier alpha value is -1.69. The highest BCUT2D eigenvalue weighted by Gasteiger charge is 2.17. The van der Waals surface area contributed by atoms with Gasteiger partial charge in [-0.05, 0) is 36.6 Å². The molecule has 1 unspecified atom stereocenters. The molecular weight excluding hydrogens is 286 g/mol. The van der Waals surface area contributed by atoms with E-state index in [1.54, 1.807) is 12.1 Å². The molecule has 2 rings (SSSR count). The molecule has 0 spiro atoms. The average molecular weight is 305 g/mol. The van der Waals surface area contributed by atoms with E-state index in [0.717, 1.165) is 5.56 Å². The van der Waals surface area contributed by atoms with Gasteiger partial charge in [-0.15, -0.1) is 0 Å². The normalized spacial score (nSPS) is 13.0. The fourth-order valence-electron chi connectivity index (χ4n) is 2.12. The first-order valence-electron chi connectivity index (χ1n) is 6.77. The summed E-state index contributed by atoms with van der Waals surface area (Å²) < 4.78 is 27.2. The molecule has 0 aromatic heterocycles. The number of hydrogen-bond acceptors (Lipinski definition) is 3. The van der Waals surface area contributed by atoms with Crippen molar-refractivity contribution in [1.29, 1.82) is 0 Å². The molecule has 21 heavy (non-hydrogen) atoms. The van der Waals surface area contributed by atoms with E-state index in [0.29, 0.717) is 12.0 Å². The molecule has 0 bridgehead atoms. The van der Waals surface area contributed by atoms with Crippen molar-refractivity contribution >= 4 is 10.0 Å². The zero-order valence-corrected chi connectivity index (χ0v) is 12.7. The van der Waals surface area contributed by atoms with E-state index < -0.39 is 10.0 Å². The second-order valence-corrected chi connectivity index (χ2v) is 6.73. The molecule has 0 saturated carbocycles. The predicted octanol–water partition coefficient (Wildman–Crippen LogP) is 2.09. The van der Waals surface area contributed by atoms with Gasteiger partial charge in [-0.25, -0.2) is 13.1 Å². The van der Waals surface area contributed by atoms with Crippen LogP contribution in [0, 0.1) is 0 Å². The zero-order valence-electron chi connectivity index (χ0n) is 11.9. The fraction of sp³-hybridized carbons (Fsp3) is 0.250. The highest BCUT2D eigenvalue weighted by molar-refractivity contribution is 7.89. The van der Waals surface area contributed by atoms with Crippen LogP contribution in [0.25, 0.3) is 0 Å². The first kappa shape index (κ1) is 15.7. The Labute approximate surface area is 125 Å². The summed E-state index contributed by atoms with van der Waals surface area (Å²) in [5, 5.41) is 8.98. The Kier molecular flexibility index (Phi) is 5.12. The van der Waals surface area contributed by atoms with Crippen LogP contribution >= 0.6 is 0 Å². The molecule has 5 heteroatoms. The summed E-state index contributed by atoms with van der Waals surface area (Å²) in [7, 11) is -3.54. The number of aliphatic hydroxyl groups is 1. The molecule has 0 aliphatic carbocycles. The summed E-state index contributed by atoms with van der Waals surface area (Å²) in [4.78, 5) is 0.208. The van der Waals surface area contributed by atoms with Gasteiger partial charge in [0.2, 0.25) is 10.0 Å². The fourth-order valence-corrected chi connectivity index (χ4v) is 3.36. The van der Waals surface area contributed by atoms with Crippen LogP contribution in [0.1, 0.15) is 18.1 Å². The largest absolute Gasteiger partial charge is 0.392 e. The van der Waals surface area contributed by atoms with Crippen molar-refractivity contribution in [2.45, 2.75) is 30.9 Å². The summed E-state index contributed by atoms with van der Waals surface area (Å²) in [6, 6.07) is 15.8. The average Bonchev–Trinajstić information content (AvgIpc) is 2.47. The van der Waals surface area contributed by atoms with E-state index in [-0.39, 0.29) is 17.5 Å². The molecular formula is C16H19NO3S. The summed E-state index contributed by atoms with van der Waals surface area (Å²) >= 11 is 0. The van der Waals surface area contributed by atoms with Crippen LogP contribution in [-0.2, 0) is 23.1 Å². The maximum atomic E-state index is 12.3. The number of sulfonamides is 1. The van der Waals surface area contributed by atoms with Gasteiger partial charge >= 0.3 is 0 Å². The Morgan fingerprint density at radius 1 is 1.00 bits per heavy atom. The van der Waals surface area contributed by atoms with Crippen LogP contribution in [0.4, 0.5) is 0 Å². The van der Waals surface area contributed by atoms with Crippen molar-refractivity contribution in [2.24, 2.45) is 0 Å². The molecule has 2 aromatic rings. The van der Waals surface area contributed by atoms with Gasteiger partial charge in [-0.3, -0.25) is 0 Å². The van der Waals surface area contributed by atoms with Crippen LogP contribution in [0.3, 0.4) is 0 Å². The summed E-state index contributed by atoms with van der Waals surface area (Å²) in [5.41, 5.74) is 1.77. The molecule has 0 saturated heterocycles. The molecule has 2 N–H and O–H groups in total. The molecule has 0 fully saturated rings. The van der Waals surface area contributed by atoms with Gasteiger partial charge in [-0.1, -0.05) is 42.5 Å². The maximum absolute atomic E-state index is 12.3. The van der Waals surface area contributed by atoms with Crippen LogP contribution in [0.5, 0.6) is 0 Å². The number of hydrogen-bond donors (Lipinski definition) is 2. The van der Waals surface area contributed by atoms with Gasteiger partial charge in [0.15, 0.2) is 0 Å². The third kappa shape index (κ3) is 4.39. The van der Waals surface area contributed by atoms with Crippen molar-refractivity contribution in [3.05, 3.63) is 65.7 Å². The Bertz CT molecular complexity index is 666. The van der Waals surface area contributed by atoms with E-state index in [1.165, 1.54) is 12.1 Å². The SMILES string of the molecule is CC(Cc1ccccc1)NS(=O)(=O)c1ccc(CO)cc1. The molecule has 0 aliphatic heterocycles. The lowest BCUT2D eigenvalue weighted by Crippen LogP contribution is -2.34. The van der Waals surface area contributed by atoms with Gasteiger partial charge in [0.1, 0.15) is 0 Å². The lowest BCUT2D eigenvalue weighted by atomic mass is 10.1. The Morgan fingerprint density at radius 3 is 2.19 bits per heavy atom. The molecule has 112 valence electrons. The standard InChI is InChI=1S/C16H19NO3S/c1-13(11-14-5-3-2-4-6-14)17-21(19,20)16-9-7-15(12-18)8-10-16/h2-10,13,17-18H,11-12H2,1H3. The Balaban J connectivity index is 2.05. The van der Waals surface area contributed by atoms with Gasteiger partial charge in [0.05, 0.1) is 11.5 Å². The van der Waals surface area contributed by atoms with Crippen molar-refractivity contribution in [2.75, 3.05) is 0 Å². The van der Waals surface area contributed by atoms with E-state index in [2.05, 4.69) is 4.72 Å². The van der Waals surface area contributed by atoms with Crippen LogP contribution in [0.15, 0.2) is 59.5 Å². The van der Waals surface area contributed by atoms with E-state index in [1.807, 2.05) is 37.3 Å². The minimum Gasteiger partial charge on any atom is -0.392 e. The number of benzene rings is 2. The molecule has 0 amide bonds. The predicted molar refractivity (Wildman–Crippen MR) is 82.3 cm³/mol. The Morgan fingerprint density at radius 2 is 1.62 bits per heavy atom. The van der Waals surface area contributed by atoms with Crippen molar-refractivity contribution in [1.82, 2.24) is 4.72 Å². The third-order valence-electron chi connectivity index (χ3n) is 3.16. The lowest BCUT2D eigenvalue weighted by Gasteiger charge is -2.14. The number of aliphatic hydroxyl groups excluding tert-OH is 1. The molecule has 1 atom stereocenters. The smallest absolute Gasteiger partial charge is 0.240 e. The molecule has 4 nitrogen and oxygen atoms in total. The van der Waals surface area contributed by atoms with Crippen molar-refractivity contribution < 1.29 is 13.5 Å². The zero-order chi connectivity index (χ0) is 15.3. The van der Waals surface area contributed by atoms with Gasteiger partial charge < -0.3 is 5.11 Å². The maximum Gasteiger partial charge on any atom is 0.240 e.